The van der Waals surface area contributed by atoms with Gasteiger partial charge < -0.3 is 15.1 Å². The molecule has 0 unspecified atom stereocenters. The molecule has 0 atom stereocenters. The van der Waals surface area contributed by atoms with Gasteiger partial charge in [-0.25, -0.2) is 0 Å². The third-order valence-corrected chi connectivity index (χ3v) is 4.50. The average Bonchev–Trinajstić information content (AvgIpc) is 2.31. The highest BCUT2D eigenvalue weighted by Crippen LogP contribution is 2.29. The van der Waals surface area contributed by atoms with Crippen molar-refractivity contribution in [1.82, 2.24) is 15.1 Å². The third kappa shape index (κ3) is 4.22. The van der Waals surface area contributed by atoms with Gasteiger partial charge in [0, 0.05) is 39.3 Å². The van der Waals surface area contributed by atoms with Crippen molar-refractivity contribution in [1.29, 1.82) is 0 Å². The van der Waals surface area contributed by atoms with Crippen LogP contribution in [0.1, 0.15) is 33.6 Å². The number of piperidine rings is 1. The van der Waals surface area contributed by atoms with E-state index >= 15 is 0 Å². The van der Waals surface area contributed by atoms with Crippen LogP contribution in [0.3, 0.4) is 0 Å². The van der Waals surface area contributed by atoms with Gasteiger partial charge >= 0.3 is 0 Å². The van der Waals surface area contributed by atoms with E-state index in [2.05, 4.69) is 35.9 Å². The first-order valence-electron chi connectivity index (χ1n) is 7.73. The summed E-state index contributed by atoms with van der Waals surface area (Å²) in [5.41, 5.74) is 0.561. The van der Waals surface area contributed by atoms with Gasteiger partial charge in [0.05, 0.1) is 0 Å². The van der Waals surface area contributed by atoms with Crippen molar-refractivity contribution in [3.8, 4) is 0 Å². The summed E-state index contributed by atoms with van der Waals surface area (Å²) in [6, 6.07) is 0. The van der Waals surface area contributed by atoms with Crippen LogP contribution in [0.5, 0.6) is 0 Å². The molecule has 2 aliphatic heterocycles. The van der Waals surface area contributed by atoms with Gasteiger partial charge in [0.2, 0.25) is 0 Å². The molecule has 1 N–H and O–H groups in total. The Hall–Kier alpha value is -0.120. The Bertz CT molecular complexity index is 238. The van der Waals surface area contributed by atoms with Gasteiger partial charge in [0.15, 0.2) is 0 Å². The van der Waals surface area contributed by atoms with E-state index in [1.54, 1.807) is 0 Å². The van der Waals surface area contributed by atoms with E-state index in [1.165, 1.54) is 65.2 Å². The van der Waals surface area contributed by atoms with Crippen molar-refractivity contribution >= 4 is 0 Å². The summed E-state index contributed by atoms with van der Waals surface area (Å²) in [7, 11) is 0. The Labute approximate surface area is 113 Å². The number of piperazine rings is 1. The number of nitrogens with zero attached hydrogens (tertiary/aromatic N) is 2. The quantitative estimate of drug-likeness (QED) is 0.822. The van der Waals surface area contributed by atoms with E-state index in [4.69, 9.17) is 0 Å². The molecule has 0 aromatic rings. The molecular formula is C15H31N3. The predicted molar refractivity (Wildman–Crippen MR) is 77.9 cm³/mol. The van der Waals surface area contributed by atoms with Crippen LogP contribution in [-0.4, -0.2) is 62.2 Å². The highest BCUT2D eigenvalue weighted by atomic mass is 15.3. The summed E-state index contributed by atoms with van der Waals surface area (Å²) in [5, 5.41) is 3.48. The SMILES string of the molecule is CC(C)CN1CCN(CC2(C)CCNCC2)CC1. The summed E-state index contributed by atoms with van der Waals surface area (Å²) in [6.45, 7) is 17.2. The van der Waals surface area contributed by atoms with E-state index in [-0.39, 0.29) is 0 Å². The molecule has 0 aromatic heterocycles. The molecule has 0 radical (unpaired) electrons. The fraction of sp³-hybridized carbons (Fsp3) is 1.00. The van der Waals surface area contributed by atoms with Gasteiger partial charge in [-0.3, -0.25) is 0 Å². The molecule has 2 fully saturated rings. The van der Waals surface area contributed by atoms with Crippen molar-refractivity contribution in [2.24, 2.45) is 11.3 Å². The average molecular weight is 253 g/mol. The van der Waals surface area contributed by atoms with Crippen LogP contribution in [0.4, 0.5) is 0 Å². The van der Waals surface area contributed by atoms with Crippen molar-refractivity contribution < 1.29 is 0 Å². The molecule has 18 heavy (non-hydrogen) atoms. The highest BCUT2D eigenvalue weighted by Gasteiger charge is 2.30. The minimum Gasteiger partial charge on any atom is -0.317 e. The molecule has 2 saturated heterocycles. The maximum Gasteiger partial charge on any atom is 0.0110 e. The predicted octanol–water partition coefficient (Wildman–Crippen LogP) is 1.65. The lowest BCUT2D eigenvalue weighted by atomic mass is 9.80. The van der Waals surface area contributed by atoms with Gasteiger partial charge in [0.1, 0.15) is 0 Å². The fourth-order valence-corrected chi connectivity index (χ4v) is 3.37. The first-order chi connectivity index (χ1) is 8.57. The van der Waals surface area contributed by atoms with Gasteiger partial charge in [-0.1, -0.05) is 20.8 Å². The second-order valence-electron chi connectivity index (χ2n) is 7.03. The molecule has 0 bridgehead atoms. The maximum atomic E-state index is 3.48. The first-order valence-corrected chi connectivity index (χ1v) is 7.73. The van der Waals surface area contributed by atoms with Crippen LogP contribution in [0.25, 0.3) is 0 Å². The van der Waals surface area contributed by atoms with E-state index in [0.29, 0.717) is 5.41 Å². The second-order valence-corrected chi connectivity index (χ2v) is 7.03. The molecule has 2 aliphatic rings. The van der Waals surface area contributed by atoms with Gasteiger partial charge in [-0.15, -0.1) is 0 Å². The maximum absolute atomic E-state index is 3.48. The van der Waals surface area contributed by atoms with Gasteiger partial charge in [-0.05, 0) is 37.3 Å². The monoisotopic (exact) mass is 253 g/mol. The van der Waals surface area contributed by atoms with Crippen LogP contribution in [0.15, 0.2) is 0 Å². The summed E-state index contributed by atoms with van der Waals surface area (Å²) < 4.78 is 0. The van der Waals surface area contributed by atoms with Crippen LogP contribution in [0.2, 0.25) is 0 Å². The van der Waals surface area contributed by atoms with Gasteiger partial charge in [0.25, 0.3) is 0 Å². The van der Waals surface area contributed by atoms with E-state index in [0.717, 1.165) is 5.92 Å². The zero-order valence-electron chi connectivity index (χ0n) is 12.5. The third-order valence-electron chi connectivity index (χ3n) is 4.50. The Morgan fingerprint density at radius 3 is 2.11 bits per heavy atom. The molecule has 106 valence electrons. The summed E-state index contributed by atoms with van der Waals surface area (Å²) in [5.74, 6) is 0.804. The molecule has 2 heterocycles. The first kappa shape index (κ1) is 14.3. The molecule has 3 nitrogen and oxygen atoms in total. The zero-order valence-corrected chi connectivity index (χ0v) is 12.5. The number of nitrogens with one attached hydrogen (secondary N) is 1. The Morgan fingerprint density at radius 1 is 1.00 bits per heavy atom. The Kier molecular flexibility index (Phi) is 5.05. The summed E-state index contributed by atoms with van der Waals surface area (Å²) in [6.07, 6.45) is 2.69. The van der Waals surface area contributed by atoms with Crippen molar-refractivity contribution in [2.45, 2.75) is 33.6 Å². The lowest BCUT2D eigenvalue weighted by molar-refractivity contribution is 0.0715. The minimum atomic E-state index is 0.561. The Balaban J connectivity index is 1.72. The Morgan fingerprint density at radius 2 is 1.56 bits per heavy atom. The smallest absolute Gasteiger partial charge is 0.0110 e. The normalized spacial score (nSPS) is 26.7. The number of hydrogen-bond donors (Lipinski definition) is 1. The molecular weight excluding hydrogens is 222 g/mol. The molecule has 0 spiro atoms. The number of rotatable bonds is 4. The molecule has 2 rings (SSSR count). The summed E-state index contributed by atoms with van der Waals surface area (Å²) >= 11 is 0. The van der Waals surface area contributed by atoms with Crippen molar-refractivity contribution in [3.63, 3.8) is 0 Å². The van der Waals surface area contributed by atoms with E-state index in [1.807, 2.05) is 0 Å². The molecule has 0 amide bonds. The standard InChI is InChI=1S/C15H31N3/c1-14(2)12-17-8-10-18(11-9-17)13-15(3)4-6-16-7-5-15/h14,16H,4-13H2,1-3H3. The molecule has 0 saturated carbocycles. The van der Waals surface area contributed by atoms with Crippen LogP contribution in [-0.2, 0) is 0 Å². The minimum absolute atomic E-state index is 0.561. The largest absolute Gasteiger partial charge is 0.317 e. The fourth-order valence-electron chi connectivity index (χ4n) is 3.37. The highest BCUT2D eigenvalue weighted by molar-refractivity contribution is 4.85. The second kappa shape index (κ2) is 6.36. The van der Waals surface area contributed by atoms with Crippen molar-refractivity contribution in [3.05, 3.63) is 0 Å². The summed E-state index contributed by atoms with van der Waals surface area (Å²) in [4.78, 5) is 5.33. The number of hydrogen-bond acceptors (Lipinski definition) is 3. The molecule has 3 heteroatoms. The lowest BCUT2D eigenvalue weighted by Crippen LogP contribution is -2.51. The molecule has 0 aliphatic carbocycles. The topological polar surface area (TPSA) is 18.5 Å². The zero-order chi connectivity index (χ0) is 13.0. The van der Waals surface area contributed by atoms with Crippen LogP contribution in [0, 0.1) is 11.3 Å². The molecule has 0 aromatic carbocycles. The van der Waals surface area contributed by atoms with Crippen molar-refractivity contribution in [2.75, 3.05) is 52.4 Å². The lowest BCUT2D eigenvalue weighted by Gasteiger charge is -2.42. The van der Waals surface area contributed by atoms with Crippen LogP contribution >= 0.6 is 0 Å². The van der Waals surface area contributed by atoms with Crippen LogP contribution < -0.4 is 5.32 Å². The van der Waals surface area contributed by atoms with E-state index < -0.39 is 0 Å². The van der Waals surface area contributed by atoms with Gasteiger partial charge in [-0.2, -0.15) is 0 Å². The van der Waals surface area contributed by atoms with E-state index in [9.17, 15) is 0 Å².